The summed E-state index contributed by atoms with van der Waals surface area (Å²) in [6, 6.07) is 9.02. The first kappa shape index (κ1) is 11.4. The molecule has 0 unspecified atom stereocenters. The molecule has 1 aliphatic rings. The molecule has 1 fully saturated rings. The molecule has 5 heteroatoms. The summed E-state index contributed by atoms with van der Waals surface area (Å²) in [7, 11) is 0. The van der Waals surface area contributed by atoms with Crippen LogP contribution in [0.1, 0.15) is 23.5 Å². The predicted molar refractivity (Wildman–Crippen MR) is 77.6 cm³/mol. The number of nitrogens with one attached hydrogen (secondary N) is 2. The molecule has 0 amide bonds. The van der Waals surface area contributed by atoms with E-state index in [0.717, 1.165) is 17.8 Å². The number of imidazole rings is 1. The van der Waals surface area contributed by atoms with E-state index >= 15 is 0 Å². The molecule has 2 heterocycles. The van der Waals surface area contributed by atoms with Gasteiger partial charge in [-0.05, 0) is 24.5 Å². The largest absolute Gasteiger partial charge is 0.365 e. The number of nitrogens with zero attached hydrogens (tertiary/aromatic N) is 3. The lowest BCUT2D eigenvalue weighted by Crippen LogP contribution is -2.07. The molecule has 1 aliphatic carbocycles. The van der Waals surface area contributed by atoms with Crippen molar-refractivity contribution in [2.45, 2.75) is 25.3 Å². The SMILES string of the molecule is Cc1ccccc1[C@@H]1C[C@H]1Nc1ncnc2nc[nH]c12. The highest BCUT2D eigenvalue weighted by Gasteiger charge is 2.39. The quantitative estimate of drug-likeness (QED) is 0.764. The van der Waals surface area contributed by atoms with E-state index in [-0.39, 0.29) is 0 Å². The summed E-state index contributed by atoms with van der Waals surface area (Å²) < 4.78 is 0. The van der Waals surface area contributed by atoms with Crippen LogP contribution in [0.15, 0.2) is 36.9 Å². The van der Waals surface area contributed by atoms with Gasteiger partial charge in [0, 0.05) is 12.0 Å². The Morgan fingerprint density at radius 2 is 2.10 bits per heavy atom. The van der Waals surface area contributed by atoms with Crippen LogP contribution in [0.3, 0.4) is 0 Å². The van der Waals surface area contributed by atoms with Crippen molar-refractivity contribution in [1.29, 1.82) is 0 Å². The molecule has 4 rings (SSSR count). The Hall–Kier alpha value is -2.43. The molecule has 0 saturated heterocycles. The molecule has 2 N–H and O–H groups in total. The average molecular weight is 265 g/mol. The van der Waals surface area contributed by atoms with Crippen LogP contribution in [0.2, 0.25) is 0 Å². The Morgan fingerprint density at radius 1 is 1.20 bits per heavy atom. The predicted octanol–water partition coefficient (Wildman–Crippen LogP) is 2.63. The second kappa shape index (κ2) is 4.30. The maximum Gasteiger partial charge on any atom is 0.182 e. The van der Waals surface area contributed by atoms with E-state index in [2.05, 4.69) is 56.4 Å². The summed E-state index contributed by atoms with van der Waals surface area (Å²) in [6.07, 6.45) is 4.34. The van der Waals surface area contributed by atoms with Gasteiger partial charge in [-0.2, -0.15) is 0 Å². The number of H-pyrrole nitrogens is 1. The first-order valence-electron chi connectivity index (χ1n) is 6.79. The molecular formula is C15H15N5. The Labute approximate surface area is 116 Å². The molecule has 0 spiro atoms. The van der Waals surface area contributed by atoms with Crippen molar-refractivity contribution in [1.82, 2.24) is 19.9 Å². The van der Waals surface area contributed by atoms with Crippen molar-refractivity contribution in [2.75, 3.05) is 5.32 Å². The molecule has 3 aromatic rings. The summed E-state index contributed by atoms with van der Waals surface area (Å²) in [6.45, 7) is 2.17. The molecule has 0 bridgehead atoms. The fraction of sp³-hybridized carbons (Fsp3) is 0.267. The lowest BCUT2D eigenvalue weighted by molar-refractivity contribution is 1.01. The van der Waals surface area contributed by atoms with E-state index in [0.29, 0.717) is 17.6 Å². The maximum absolute atomic E-state index is 4.32. The van der Waals surface area contributed by atoms with Crippen LogP contribution >= 0.6 is 0 Å². The number of fused-ring (bicyclic) bond motifs is 1. The molecular weight excluding hydrogens is 250 g/mol. The third-order valence-electron chi connectivity index (χ3n) is 3.92. The minimum absolute atomic E-state index is 0.442. The molecule has 20 heavy (non-hydrogen) atoms. The third kappa shape index (κ3) is 1.82. The monoisotopic (exact) mass is 265 g/mol. The smallest absolute Gasteiger partial charge is 0.182 e. The molecule has 5 nitrogen and oxygen atoms in total. The van der Waals surface area contributed by atoms with Gasteiger partial charge < -0.3 is 10.3 Å². The summed E-state index contributed by atoms with van der Waals surface area (Å²) >= 11 is 0. The van der Waals surface area contributed by atoms with Gasteiger partial charge in [0.15, 0.2) is 11.5 Å². The lowest BCUT2D eigenvalue weighted by Gasteiger charge is -2.07. The van der Waals surface area contributed by atoms with Gasteiger partial charge in [-0.15, -0.1) is 0 Å². The second-order valence-electron chi connectivity index (χ2n) is 5.27. The van der Waals surface area contributed by atoms with Crippen molar-refractivity contribution in [3.8, 4) is 0 Å². The number of aromatic amines is 1. The van der Waals surface area contributed by atoms with Gasteiger partial charge in [-0.25, -0.2) is 15.0 Å². The molecule has 1 aromatic carbocycles. The fourth-order valence-corrected chi connectivity index (χ4v) is 2.75. The Bertz CT molecular complexity index is 764. The summed E-state index contributed by atoms with van der Waals surface area (Å²) in [5.74, 6) is 1.41. The maximum atomic E-state index is 4.32. The van der Waals surface area contributed by atoms with Crippen LogP contribution < -0.4 is 5.32 Å². The van der Waals surface area contributed by atoms with Gasteiger partial charge in [0.2, 0.25) is 0 Å². The summed E-state index contributed by atoms with van der Waals surface area (Å²) in [4.78, 5) is 15.7. The normalized spacial score (nSPS) is 21.1. The van der Waals surface area contributed by atoms with Crippen LogP contribution in [-0.2, 0) is 0 Å². The topological polar surface area (TPSA) is 66.5 Å². The summed E-state index contributed by atoms with van der Waals surface area (Å²) in [5.41, 5.74) is 4.37. The van der Waals surface area contributed by atoms with Gasteiger partial charge in [-0.1, -0.05) is 24.3 Å². The number of hydrogen-bond donors (Lipinski definition) is 2. The van der Waals surface area contributed by atoms with E-state index in [1.807, 2.05) is 0 Å². The summed E-state index contributed by atoms with van der Waals surface area (Å²) in [5, 5.41) is 3.50. The number of aromatic nitrogens is 4. The number of anilines is 1. The van der Waals surface area contributed by atoms with Crippen LogP contribution in [0.25, 0.3) is 11.2 Å². The minimum Gasteiger partial charge on any atom is -0.365 e. The molecule has 0 radical (unpaired) electrons. The fourth-order valence-electron chi connectivity index (χ4n) is 2.75. The zero-order chi connectivity index (χ0) is 13.5. The lowest BCUT2D eigenvalue weighted by atomic mass is 10.0. The van der Waals surface area contributed by atoms with Crippen molar-refractivity contribution in [3.63, 3.8) is 0 Å². The van der Waals surface area contributed by atoms with Crippen LogP contribution in [-0.4, -0.2) is 26.0 Å². The van der Waals surface area contributed by atoms with Gasteiger partial charge in [-0.3, -0.25) is 0 Å². The highest BCUT2D eigenvalue weighted by molar-refractivity contribution is 5.82. The van der Waals surface area contributed by atoms with E-state index < -0.39 is 0 Å². The Kier molecular flexibility index (Phi) is 2.45. The molecule has 1 saturated carbocycles. The van der Waals surface area contributed by atoms with Crippen LogP contribution in [0.4, 0.5) is 5.82 Å². The minimum atomic E-state index is 0.442. The van der Waals surface area contributed by atoms with Crippen molar-refractivity contribution >= 4 is 17.0 Å². The average Bonchev–Trinajstić information content (AvgIpc) is 3.03. The number of hydrogen-bond acceptors (Lipinski definition) is 4. The molecule has 100 valence electrons. The number of aryl methyl sites for hydroxylation is 1. The molecule has 2 atom stereocenters. The highest BCUT2D eigenvalue weighted by atomic mass is 15.1. The zero-order valence-corrected chi connectivity index (χ0v) is 11.2. The van der Waals surface area contributed by atoms with Crippen molar-refractivity contribution in [3.05, 3.63) is 48.0 Å². The molecule has 2 aromatic heterocycles. The zero-order valence-electron chi connectivity index (χ0n) is 11.2. The second-order valence-corrected chi connectivity index (χ2v) is 5.27. The van der Waals surface area contributed by atoms with Crippen LogP contribution in [0.5, 0.6) is 0 Å². The van der Waals surface area contributed by atoms with E-state index in [1.165, 1.54) is 11.1 Å². The van der Waals surface area contributed by atoms with Gasteiger partial charge in [0.1, 0.15) is 11.8 Å². The molecule has 0 aliphatic heterocycles. The van der Waals surface area contributed by atoms with Crippen molar-refractivity contribution in [2.24, 2.45) is 0 Å². The van der Waals surface area contributed by atoms with Gasteiger partial charge >= 0.3 is 0 Å². The van der Waals surface area contributed by atoms with Gasteiger partial charge in [0.25, 0.3) is 0 Å². The highest BCUT2D eigenvalue weighted by Crippen LogP contribution is 2.44. The third-order valence-corrected chi connectivity index (χ3v) is 3.92. The number of rotatable bonds is 3. The number of benzene rings is 1. The Morgan fingerprint density at radius 3 is 3.00 bits per heavy atom. The van der Waals surface area contributed by atoms with E-state index in [1.54, 1.807) is 12.7 Å². The first-order chi connectivity index (χ1) is 9.83. The van der Waals surface area contributed by atoms with Crippen molar-refractivity contribution < 1.29 is 0 Å². The standard InChI is InChI=1S/C15H15N5/c1-9-4-2-3-5-10(9)11-6-12(11)20-15-13-14(17-7-16-13)18-8-19-15/h2-5,7-8,11-12H,6H2,1H3,(H2,16,17,18,19,20)/t11-,12+/m0/s1. The van der Waals surface area contributed by atoms with E-state index in [9.17, 15) is 0 Å². The first-order valence-corrected chi connectivity index (χ1v) is 6.79. The Balaban J connectivity index is 1.57. The van der Waals surface area contributed by atoms with Gasteiger partial charge in [0.05, 0.1) is 6.33 Å². The van der Waals surface area contributed by atoms with Crippen LogP contribution in [0, 0.1) is 6.92 Å². The van der Waals surface area contributed by atoms with E-state index in [4.69, 9.17) is 0 Å².